The van der Waals surface area contributed by atoms with Gasteiger partial charge in [-0.1, -0.05) is 23.7 Å². The van der Waals surface area contributed by atoms with Crippen LogP contribution in [-0.4, -0.2) is 53.0 Å². The zero-order chi connectivity index (χ0) is 17.2. The van der Waals surface area contributed by atoms with Crippen LogP contribution < -0.4 is 5.01 Å². The Labute approximate surface area is 152 Å². The van der Waals surface area contributed by atoms with Gasteiger partial charge in [-0.15, -0.1) is 0 Å². The number of nitrogens with zero attached hydrogens (tertiary/aromatic N) is 5. The molecule has 0 saturated carbocycles. The van der Waals surface area contributed by atoms with E-state index in [9.17, 15) is 0 Å². The van der Waals surface area contributed by atoms with E-state index >= 15 is 0 Å². The Balaban J connectivity index is 1.82. The summed E-state index contributed by atoms with van der Waals surface area (Å²) in [5, 5.41) is 7.75. The van der Waals surface area contributed by atoms with Gasteiger partial charge in [-0.2, -0.15) is 9.89 Å². The highest BCUT2D eigenvalue weighted by Gasteiger charge is 2.21. The molecule has 0 unspecified atom stereocenters. The smallest absolute Gasteiger partial charge is 0.0998 e. The van der Waals surface area contributed by atoms with Gasteiger partial charge >= 0.3 is 0 Å². The summed E-state index contributed by atoms with van der Waals surface area (Å²) in [5.74, 6) is 0. The second-order valence-corrected chi connectivity index (χ2v) is 6.73. The largest absolute Gasteiger partial charge is 0.303 e. The second-order valence-electron chi connectivity index (χ2n) is 6.30. The molecule has 25 heavy (non-hydrogen) atoms. The summed E-state index contributed by atoms with van der Waals surface area (Å²) in [6, 6.07) is 12.0. The number of hydrogen-bond donors (Lipinski definition) is 0. The Hall–Kier alpha value is -2.37. The van der Waals surface area contributed by atoms with Gasteiger partial charge in [0.2, 0.25) is 0 Å². The first kappa shape index (κ1) is 16.1. The molecule has 1 aliphatic rings. The van der Waals surface area contributed by atoms with Crippen molar-refractivity contribution in [3.63, 3.8) is 0 Å². The van der Waals surface area contributed by atoms with Gasteiger partial charge in [-0.05, 0) is 36.9 Å². The van der Waals surface area contributed by atoms with E-state index in [4.69, 9.17) is 16.7 Å². The van der Waals surface area contributed by atoms with E-state index < -0.39 is 0 Å². The molecule has 2 aromatic heterocycles. The maximum Gasteiger partial charge on any atom is 0.0998 e. The third-order valence-electron chi connectivity index (χ3n) is 4.61. The predicted molar refractivity (Wildman–Crippen MR) is 101 cm³/mol. The van der Waals surface area contributed by atoms with Gasteiger partial charge in [-0.3, -0.25) is 9.99 Å². The maximum absolute atomic E-state index is 6.09. The number of halogens is 1. The summed E-state index contributed by atoms with van der Waals surface area (Å²) in [4.78, 5) is 8.52. The first-order chi connectivity index (χ1) is 12.2. The van der Waals surface area contributed by atoms with Crippen LogP contribution >= 0.6 is 11.6 Å². The van der Waals surface area contributed by atoms with E-state index in [0.717, 1.165) is 53.6 Å². The second kappa shape index (κ2) is 6.86. The van der Waals surface area contributed by atoms with Crippen LogP contribution in [0.4, 0.5) is 0 Å². The van der Waals surface area contributed by atoms with Crippen LogP contribution in [0.15, 0.2) is 55.0 Å². The fourth-order valence-corrected chi connectivity index (χ4v) is 3.29. The first-order valence-corrected chi connectivity index (χ1v) is 8.78. The highest BCUT2D eigenvalue weighted by molar-refractivity contribution is 6.30. The van der Waals surface area contributed by atoms with E-state index in [1.165, 1.54) is 0 Å². The van der Waals surface area contributed by atoms with Gasteiger partial charge in [0.1, 0.15) is 0 Å². The standard InChI is InChI=1S/C19H20ClN5/c1-23-10-12-24(13-11-23)25-19(16-2-4-17(20)5-3-16)18(14-22-25)15-6-8-21-9-7-15/h2-9,14H,10-13H2,1H3. The number of aromatic nitrogens is 3. The van der Waals surface area contributed by atoms with E-state index in [1.54, 1.807) is 0 Å². The Morgan fingerprint density at radius 3 is 2.24 bits per heavy atom. The zero-order valence-electron chi connectivity index (χ0n) is 14.1. The van der Waals surface area contributed by atoms with Crippen molar-refractivity contribution in [3.8, 4) is 22.4 Å². The molecule has 6 heteroatoms. The number of piperazine rings is 1. The predicted octanol–water partition coefficient (Wildman–Crippen LogP) is 3.15. The van der Waals surface area contributed by atoms with Gasteiger partial charge in [0.05, 0.1) is 11.9 Å². The molecule has 1 fully saturated rings. The molecule has 0 N–H and O–H groups in total. The number of likely N-dealkylation sites (N-methyl/N-ethyl adjacent to an activating group) is 1. The van der Waals surface area contributed by atoms with E-state index in [1.807, 2.05) is 47.6 Å². The van der Waals surface area contributed by atoms with Crippen molar-refractivity contribution in [3.05, 3.63) is 60.0 Å². The Morgan fingerprint density at radius 2 is 1.56 bits per heavy atom. The summed E-state index contributed by atoms with van der Waals surface area (Å²) >= 11 is 6.09. The van der Waals surface area contributed by atoms with Crippen LogP contribution in [0.3, 0.4) is 0 Å². The van der Waals surface area contributed by atoms with Crippen LogP contribution in [-0.2, 0) is 0 Å². The van der Waals surface area contributed by atoms with Crippen LogP contribution in [0, 0.1) is 0 Å². The van der Waals surface area contributed by atoms with Crippen LogP contribution in [0.2, 0.25) is 5.02 Å². The van der Waals surface area contributed by atoms with E-state index in [2.05, 4.69) is 34.1 Å². The summed E-state index contributed by atoms with van der Waals surface area (Å²) in [6.45, 7) is 3.97. The van der Waals surface area contributed by atoms with Crippen molar-refractivity contribution in [2.75, 3.05) is 38.2 Å². The molecule has 3 aromatic rings. The molecular weight excluding hydrogens is 334 g/mol. The van der Waals surface area contributed by atoms with Gasteiger partial charge in [0, 0.05) is 54.7 Å². The molecule has 1 aromatic carbocycles. The normalized spacial score (nSPS) is 15.5. The Morgan fingerprint density at radius 1 is 0.880 bits per heavy atom. The number of rotatable bonds is 3. The van der Waals surface area contributed by atoms with Gasteiger partial charge in [0.25, 0.3) is 0 Å². The molecular formula is C19H20ClN5. The molecule has 1 saturated heterocycles. The Bertz CT molecular complexity index is 836. The van der Waals surface area contributed by atoms with Crippen molar-refractivity contribution < 1.29 is 0 Å². The van der Waals surface area contributed by atoms with Crippen molar-refractivity contribution in [1.82, 2.24) is 19.8 Å². The highest BCUT2D eigenvalue weighted by atomic mass is 35.5. The quantitative estimate of drug-likeness (QED) is 0.725. The lowest BCUT2D eigenvalue weighted by Gasteiger charge is -2.34. The van der Waals surface area contributed by atoms with Crippen molar-refractivity contribution in [1.29, 1.82) is 0 Å². The SMILES string of the molecule is CN1CCN(n2ncc(-c3ccncc3)c2-c2ccc(Cl)cc2)CC1. The average Bonchev–Trinajstić information content (AvgIpc) is 3.09. The lowest BCUT2D eigenvalue weighted by molar-refractivity contribution is 0.281. The molecule has 0 aliphatic carbocycles. The fourth-order valence-electron chi connectivity index (χ4n) is 3.16. The van der Waals surface area contributed by atoms with E-state index in [0.29, 0.717) is 0 Å². The summed E-state index contributed by atoms with van der Waals surface area (Å²) < 4.78 is 0. The van der Waals surface area contributed by atoms with Crippen molar-refractivity contribution >= 4 is 11.6 Å². The molecule has 0 radical (unpaired) electrons. The monoisotopic (exact) mass is 353 g/mol. The first-order valence-electron chi connectivity index (χ1n) is 8.40. The lowest BCUT2D eigenvalue weighted by atomic mass is 10.0. The lowest BCUT2D eigenvalue weighted by Crippen LogP contribution is -2.50. The molecule has 1 aliphatic heterocycles. The van der Waals surface area contributed by atoms with Crippen LogP contribution in [0.1, 0.15) is 0 Å². The molecule has 4 rings (SSSR count). The molecule has 128 valence electrons. The van der Waals surface area contributed by atoms with Gasteiger partial charge in [-0.25, -0.2) is 0 Å². The number of pyridine rings is 1. The van der Waals surface area contributed by atoms with Crippen molar-refractivity contribution in [2.24, 2.45) is 0 Å². The van der Waals surface area contributed by atoms with Gasteiger partial charge in [0.15, 0.2) is 0 Å². The molecule has 0 amide bonds. The minimum atomic E-state index is 0.736. The van der Waals surface area contributed by atoms with E-state index in [-0.39, 0.29) is 0 Å². The van der Waals surface area contributed by atoms with Crippen LogP contribution in [0.25, 0.3) is 22.4 Å². The minimum Gasteiger partial charge on any atom is -0.303 e. The third-order valence-corrected chi connectivity index (χ3v) is 4.86. The third kappa shape index (κ3) is 3.25. The molecule has 5 nitrogen and oxygen atoms in total. The summed E-state index contributed by atoms with van der Waals surface area (Å²) in [5.41, 5.74) is 4.41. The average molecular weight is 354 g/mol. The number of hydrogen-bond acceptors (Lipinski definition) is 4. The highest BCUT2D eigenvalue weighted by Crippen LogP contribution is 2.32. The summed E-state index contributed by atoms with van der Waals surface area (Å²) in [7, 11) is 2.16. The molecule has 0 bridgehead atoms. The van der Waals surface area contributed by atoms with Gasteiger partial charge < -0.3 is 4.90 Å². The topological polar surface area (TPSA) is 37.2 Å². The molecule has 3 heterocycles. The molecule has 0 spiro atoms. The van der Waals surface area contributed by atoms with Crippen LogP contribution in [0.5, 0.6) is 0 Å². The fraction of sp³-hybridized carbons (Fsp3) is 0.263. The molecule has 0 atom stereocenters. The maximum atomic E-state index is 6.09. The Kier molecular flexibility index (Phi) is 4.42. The number of benzene rings is 1. The zero-order valence-corrected chi connectivity index (χ0v) is 14.9. The van der Waals surface area contributed by atoms with Crippen molar-refractivity contribution in [2.45, 2.75) is 0 Å². The minimum absolute atomic E-state index is 0.736. The summed E-state index contributed by atoms with van der Waals surface area (Å²) in [6.07, 6.45) is 5.57.